The molecule has 0 aromatic carbocycles. The van der Waals surface area contributed by atoms with Crippen LogP contribution in [0.4, 0.5) is 0 Å². The molecule has 0 fully saturated rings. The van der Waals surface area contributed by atoms with E-state index in [2.05, 4.69) is 4.18 Å². The summed E-state index contributed by atoms with van der Waals surface area (Å²) < 4.78 is 76.8. The zero-order valence-electron chi connectivity index (χ0n) is 11.6. The predicted octanol–water partition coefficient (Wildman–Crippen LogP) is -2.43. The average molecular weight is 376 g/mol. The van der Waals surface area contributed by atoms with Crippen LogP contribution in [0.3, 0.4) is 0 Å². The van der Waals surface area contributed by atoms with E-state index in [0.717, 1.165) is 6.26 Å². The number of aliphatic hydroxyl groups is 2. The maximum absolute atomic E-state index is 10.4. The number of hydrogen-bond acceptors (Lipinski definition) is 9. The summed E-state index contributed by atoms with van der Waals surface area (Å²) in [6.45, 7) is -0.746. The molecule has 0 amide bonds. The summed E-state index contributed by atoms with van der Waals surface area (Å²) in [5.41, 5.74) is 0. The van der Waals surface area contributed by atoms with Crippen molar-refractivity contribution in [3.8, 4) is 0 Å². The Morgan fingerprint density at radius 2 is 1.05 bits per heavy atom. The molecule has 0 aliphatic carbocycles. The molecule has 0 unspecified atom stereocenters. The van der Waals surface area contributed by atoms with E-state index in [-0.39, 0.29) is 19.8 Å². The highest BCUT2D eigenvalue weighted by atomic mass is 32.2. The summed E-state index contributed by atoms with van der Waals surface area (Å²) in [5.74, 6) is -0.523. The van der Waals surface area contributed by atoms with Gasteiger partial charge in [-0.3, -0.25) is 13.3 Å². The summed E-state index contributed by atoms with van der Waals surface area (Å²) in [5, 5.41) is 17.0. The standard InChI is InChI=1S/C5H12O5S.2CH4O3S/c1-11(8,9)10-4-5(2-6)3-7;2*1-5(2,3)4/h5-7H,2-4H2,1H3;2*1H3,(H,2,3,4). The minimum Gasteiger partial charge on any atom is -0.396 e. The molecule has 0 spiro atoms. The molecule has 132 valence electrons. The average Bonchev–Trinajstić information content (AvgIpc) is 2.12. The highest BCUT2D eigenvalue weighted by Crippen LogP contribution is 1.97. The van der Waals surface area contributed by atoms with E-state index in [4.69, 9.17) is 19.3 Å². The molecule has 0 aliphatic rings. The van der Waals surface area contributed by atoms with Crippen LogP contribution in [0.2, 0.25) is 0 Å². The highest BCUT2D eigenvalue weighted by molar-refractivity contribution is 7.86. The molecule has 0 aromatic rings. The van der Waals surface area contributed by atoms with E-state index < -0.39 is 36.3 Å². The Morgan fingerprint density at radius 1 is 0.810 bits per heavy atom. The van der Waals surface area contributed by atoms with Crippen molar-refractivity contribution >= 4 is 30.4 Å². The van der Waals surface area contributed by atoms with Crippen LogP contribution >= 0.6 is 0 Å². The first-order chi connectivity index (χ1) is 8.99. The molecule has 11 nitrogen and oxygen atoms in total. The minimum atomic E-state index is -3.67. The van der Waals surface area contributed by atoms with Gasteiger partial charge in [-0.25, -0.2) is 0 Å². The molecular formula is C7H20O11S3. The quantitative estimate of drug-likeness (QED) is 0.294. The molecule has 0 rings (SSSR count). The third-order valence-electron chi connectivity index (χ3n) is 1.03. The number of hydrogen-bond donors (Lipinski definition) is 4. The molecule has 21 heavy (non-hydrogen) atoms. The molecule has 0 saturated heterocycles. The monoisotopic (exact) mass is 376 g/mol. The molecule has 14 heteroatoms. The highest BCUT2D eigenvalue weighted by Gasteiger charge is 2.09. The first-order valence-electron chi connectivity index (χ1n) is 4.90. The lowest BCUT2D eigenvalue weighted by molar-refractivity contribution is 0.109. The molecule has 0 heterocycles. The SMILES string of the molecule is CS(=O)(=O)O.CS(=O)(=O)O.CS(=O)(=O)OCC(CO)CO. The molecule has 0 atom stereocenters. The maximum atomic E-state index is 10.4. The van der Waals surface area contributed by atoms with Crippen molar-refractivity contribution in [1.29, 1.82) is 0 Å². The zero-order chi connectivity index (χ0) is 17.9. The fourth-order valence-electron chi connectivity index (χ4n) is 0.383. The van der Waals surface area contributed by atoms with E-state index in [9.17, 15) is 25.3 Å². The second kappa shape index (κ2) is 11.2. The van der Waals surface area contributed by atoms with Crippen LogP contribution in [-0.2, 0) is 34.5 Å². The van der Waals surface area contributed by atoms with Crippen LogP contribution in [0.1, 0.15) is 0 Å². The van der Waals surface area contributed by atoms with Gasteiger partial charge in [-0.15, -0.1) is 0 Å². The van der Waals surface area contributed by atoms with Crippen LogP contribution in [-0.4, -0.2) is 83.2 Å². The van der Waals surface area contributed by atoms with Gasteiger partial charge in [0.15, 0.2) is 0 Å². The Labute approximate surface area is 124 Å². The summed E-state index contributed by atoms with van der Waals surface area (Å²) in [4.78, 5) is 0. The fraction of sp³-hybridized carbons (Fsp3) is 1.00. The Kier molecular flexibility index (Phi) is 13.7. The van der Waals surface area contributed by atoms with E-state index >= 15 is 0 Å². The lowest BCUT2D eigenvalue weighted by Gasteiger charge is -2.08. The maximum Gasteiger partial charge on any atom is 0.264 e. The second-order valence-electron chi connectivity index (χ2n) is 3.69. The van der Waals surface area contributed by atoms with Crippen molar-refractivity contribution in [2.24, 2.45) is 5.92 Å². The topological polar surface area (TPSA) is 193 Å². The van der Waals surface area contributed by atoms with Crippen molar-refractivity contribution in [3.05, 3.63) is 0 Å². The van der Waals surface area contributed by atoms with Gasteiger partial charge in [-0.1, -0.05) is 0 Å². The number of rotatable bonds is 5. The first-order valence-corrected chi connectivity index (χ1v) is 10.4. The van der Waals surface area contributed by atoms with Crippen LogP contribution in [0.25, 0.3) is 0 Å². The van der Waals surface area contributed by atoms with Crippen LogP contribution in [0.5, 0.6) is 0 Å². The van der Waals surface area contributed by atoms with Crippen molar-refractivity contribution < 1.29 is 48.8 Å². The van der Waals surface area contributed by atoms with Crippen LogP contribution in [0.15, 0.2) is 0 Å². The molecule has 0 aliphatic heterocycles. The third kappa shape index (κ3) is 65.7. The Bertz CT molecular complexity index is 495. The first kappa shape index (κ1) is 25.6. The van der Waals surface area contributed by atoms with Gasteiger partial charge in [0.2, 0.25) is 0 Å². The minimum absolute atomic E-state index is 0.175. The molecule has 4 N–H and O–H groups in total. The van der Waals surface area contributed by atoms with Gasteiger partial charge in [0.1, 0.15) is 0 Å². The van der Waals surface area contributed by atoms with Crippen molar-refractivity contribution in [3.63, 3.8) is 0 Å². The van der Waals surface area contributed by atoms with E-state index in [1.54, 1.807) is 0 Å². The van der Waals surface area contributed by atoms with Crippen molar-refractivity contribution in [1.82, 2.24) is 0 Å². The van der Waals surface area contributed by atoms with E-state index in [0.29, 0.717) is 12.5 Å². The molecular weight excluding hydrogens is 356 g/mol. The van der Waals surface area contributed by atoms with Gasteiger partial charge in [0, 0.05) is 5.92 Å². The smallest absolute Gasteiger partial charge is 0.264 e. The van der Waals surface area contributed by atoms with Crippen molar-refractivity contribution in [2.75, 3.05) is 38.6 Å². The summed E-state index contributed by atoms with van der Waals surface area (Å²) in [6.07, 6.45) is 2.35. The molecule has 0 saturated carbocycles. The second-order valence-corrected chi connectivity index (χ2v) is 8.26. The largest absolute Gasteiger partial charge is 0.396 e. The summed E-state index contributed by atoms with van der Waals surface area (Å²) >= 11 is 0. The van der Waals surface area contributed by atoms with Gasteiger partial charge in [0.25, 0.3) is 30.4 Å². The molecule has 0 aromatic heterocycles. The number of aliphatic hydroxyl groups excluding tert-OH is 2. The summed E-state index contributed by atoms with van der Waals surface area (Å²) in [6, 6.07) is 0. The van der Waals surface area contributed by atoms with Gasteiger partial charge in [-0.05, 0) is 0 Å². The predicted molar refractivity (Wildman–Crippen MR) is 73.4 cm³/mol. The van der Waals surface area contributed by atoms with Gasteiger partial charge in [-0.2, -0.15) is 25.3 Å². The lowest BCUT2D eigenvalue weighted by atomic mass is 10.2. The van der Waals surface area contributed by atoms with Crippen LogP contribution < -0.4 is 0 Å². The van der Waals surface area contributed by atoms with Crippen molar-refractivity contribution in [2.45, 2.75) is 0 Å². The van der Waals surface area contributed by atoms with Gasteiger partial charge in [0.05, 0.1) is 38.6 Å². The van der Waals surface area contributed by atoms with E-state index in [1.165, 1.54) is 0 Å². The van der Waals surface area contributed by atoms with Crippen LogP contribution in [0, 0.1) is 5.92 Å². The molecule has 0 radical (unpaired) electrons. The summed E-state index contributed by atoms with van der Waals surface area (Å²) in [7, 11) is -10.8. The van der Waals surface area contributed by atoms with Gasteiger partial charge < -0.3 is 10.2 Å². The Hall–Kier alpha value is -0.350. The lowest BCUT2D eigenvalue weighted by Crippen LogP contribution is -2.19. The Balaban J connectivity index is -0.000000270. The zero-order valence-corrected chi connectivity index (χ0v) is 14.0. The molecule has 0 bridgehead atoms. The Morgan fingerprint density at radius 3 is 1.19 bits per heavy atom. The normalized spacial score (nSPS) is 12.0. The third-order valence-corrected chi connectivity index (χ3v) is 1.60. The van der Waals surface area contributed by atoms with Gasteiger partial charge >= 0.3 is 0 Å². The fourth-order valence-corrected chi connectivity index (χ4v) is 0.823. The van der Waals surface area contributed by atoms with E-state index in [1.807, 2.05) is 0 Å².